The third kappa shape index (κ3) is 2.02. The summed E-state index contributed by atoms with van der Waals surface area (Å²) in [7, 11) is 0. The predicted molar refractivity (Wildman–Crippen MR) is 62.6 cm³/mol. The molecule has 1 aromatic carbocycles. The number of thioether (sulfide) groups is 1. The van der Waals surface area contributed by atoms with E-state index in [1.807, 2.05) is 11.8 Å². The van der Waals surface area contributed by atoms with Crippen LogP contribution in [0.3, 0.4) is 0 Å². The van der Waals surface area contributed by atoms with Crippen molar-refractivity contribution in [2.24, 2.45) is 0 Å². The number of anilines is 1. The second-order valence-corrected chi connectivity index (χ2v) is 5.43. The molecule has 13 heavy (non-hydrogen) atoms. The molecule has 0 radical (unpaired) electrons. The van der Waals surface area contributed by atoms with Crippen molar-refractivity contribution in [3.05, 3.63) is 22.7 Å². The van der Waals surface area contributed by atoms with Crippen molar-refractivity contribution in [3.63, 3.8) is 0 Å². The van der Waals surface area contributed by atoms with Gasteiger partial charge in [-0.3, -0.25) is 0 Å². The summed E-state index contributed by atoms with van der Waals surface area (Å²) in [4.78, 5) is 1.37. The van der Waals surface area contributed by atoms with Crippen LogP contribution in [0.1, 0.15) is 13.3 Å². The van der Waals surface area contributed by atoms with E-state index in [9.17, 15) is 0 Å². The molecule has 0 saturated heterocycles. The first-order valence-corrected chi connectivity index (χ1v) is 6.17. The molecule has 0 fully saturated rings. The standard InChI is InChI=1S/C10H12BrNS/c1-2-8-6-12-9-4-3-7(11)5-10(9)13-8/h3-5,8,12H,2,6H2,1H3. The molecule has 1 atom stereocenters. The second-order valence-electron chi connectivity index (χ2n) is 3.17. The summed E-state index contributed by atoms with van der Waals surface area (Å²) >= 11 is 5.47. The van der Waals surface area contributed by atoms with E-state index in [0.29, 0.717) is 0 Å². The van der Waals surface area contributed by atoms with Gasteiger partial charge in [-0.2, -0.15) is 0 Å². The highest BCUT2D eigenvalue weighted by molar-refractivity contribution is 9.10. The van der Waals surface area contributed by atoms with Gasteiger partial charge in [0.25, 0.3) is 0 Å². The van der Waals surface area contributed by atoms with Gasteiger partial charge >= 0.3 is 0 Å². The van der Waals surface area contributed by atoms with Crippen molar-refractivity contribution >= 4 is 33.4 Å². The zero-order chi connectivity index (χ0) is 9.26. The first kappa shape index (κ1) is 9.41. The lowest BCUT2D eigenvalue weighted by Crippen LogP contribution is -2.20. The van der Waals surface area contributed by atoms with Crippen LogP contribution in [0.15, 0.2) is 27.6 Å². The van der Waals surface area contributed by atoms with Crippen LogP contribution in [-0.4, -0.2) is 11.8 Å². The zero-order valence-corrected chi connectivity index (χ0v) is 9.91. The molecule has 0 bridgehead atoms. The fraction of sp³-hybridized carbons (Fsp3) is 0.400. The number of halogens is 1. The fourth-order valence-electron chi connectivity index (χ4n) is 1.41. The molecule has 1 aliphatic rings. The maximum absolute atomic E-state index is 3.49. The van der Waals surface area contributed by atoms with Gasteiger partial charge in [0.1, 0.15) is 0 Å². The van der Waals surface area contributed by atoms with Crippen molar-refractivity contribution < 1.29 is 0 Å². The Labute approximate surface area is 91.4 Å². The first-order valence-electron chi connectivity index (χ1n) is 4.49. The number of hydrogen-bond donors (Lipinski definition) is 1. The highest BCUT2D eigenvalue weighted by Gasteiger charge is 2.16. The number of benzene rings is 1. The maximum Gasteiger partial charge on any atom is 0.0479 e. The Morgan fingerprint density at radius 3 is 3.23 bits per heavy atom. The Bertz CT molecular complexity index is 314. The van der Waals surface area contributed by atoms with Crippen LogP contribution in [0.25, 0.3) is 0 Å². The summed E-state index contributed by atoms with van der Waals surface area (Å²) in [5.74, 6) is 0. The molecule has 1 aromatic rings. The minimum Gasteiger partial charge on any atom is -0.383 e. The Morgan fingerprint density at radius 1 is 1.62 bits per heavy atom. The lowest BCUT2D eigenvalue weighted by atomic mass is 10.2. The highest BCUT2D eigenvalue weighted by atomic mass is 79.9. The number of fused-ring (bicyclic) bond motifs is 1. The number of nitrogens with one attached hydrogen (secondary N) is 1. The van der Waals surface area contributed by atoms with Gasteiger partial charge in [0, 0.05) is 26.9 Å². The normalized spacial score (nSPS) is 20.6. The van der Waals surface area contributed by atoms with Crippen molar-refractivity contribution in [2.45, 2.75) is 23.5 Å². The van der Waals surface area contributed by atoms with Gasteiger partial charge < -0.3 is 5.32 Å². The first-order chi connectivity index (χ1) is 6.29. The third-order valence-corrected chi connectivity index (χ3v) is 4.13. The van der Waals surface area contributed by atoms with Crippen LogP contribution in [0.5, 0.6) is 0 Å². The van der Waals surface area contributed by atoms with Gasteiger partial charge in [0.05, 0.1) is 0 Å². The van der Waals surface area contributed by atoms with E-state index < -0.39 is 0 Å². The molecule has 1 aliphatic heterocycles. The molecule has 0 amide bonds. The summed E-state index contributed by atoms with van der Waals surface area (Å²) in [6, 6.07) is 6.41. The molecule has 1 N–H and O–H groups in total. The molecule has 0 aromatic heterocycles. The lowest BCUT2D eigenvalue weighted by Gasteiger charge is -2.24. The van der Waals surface area contributed by atoms with Gasteiger partial charge in [0.2, 0.25) is 0 Å². The fourth-order valence-corrected chi connectivity index (χ4v) is 3.08. The summed E-state index contributed by atoms with van der Waals surface area (Å²) in [5, 5.41) is 4.17. The van der Waals surface area contributed by atoms with Gasteiger partial charge in [-0.15, -0.1) is 11.8 Å². The molecule has 1 nitrogen and oxygen atoms in total. The molecule has 2 rings (SSSR count). The average molecular weight is 258 g/mol. The minimum absolute atomic E-state index is 0.724. The number of rotatable bonds is 1. The smallest absolute Gasteiger partial charge is 0.0479 e. The Kier molecular flexibility index (Phi) is 2.84. The van der Waals surface area contributed by atoms with E-state index in [2.05, 4.69) is 46.4 Å². The largest absolute Gasteiger partial charge is 0.383 e. The average Bonchev–Trinajstić information content (AvgIpc) is 2.16. The van der Waals surface area contributed by atoms with Crippen LogP contribution in [0.4, 0.5) is 5.69 Å². The minimum atomic E-state index is 0.724. The van der Waals surface area contributed by atoms with Crippen LogP contribution in [0.2, 0.25) is 0 Å². The Hall–Kier alpha value is -0.150. The third-order valence-electron chi connectivity index (χ3n) is 2.21. The molecule has 0 aliphatic carbocycles. The molecule has 1 unspecified atom stereocenters. The van der Waals surface area contributed by atoms with Crippen LogP contribution in [0, 0.1) is 0 Å². The topological polar surface area (TPSA) is 12.0 Å². The molecule has 70 valence electrons. The Balaban J connectivity index is 2.27. The van der Waals surface area contributed by atoms with E-state index in [-0.39, 0.29) is 0 Å². The van der Waals surface area contributed by atoms with Gasteiger partial charge in [-0.1, -0.05) is 22.9 Å². The van der Waals surface area contributed by atoms with Crippen molar-refractivity contribution in [3.8, 4) is 0 Å². The van der Waals surface area contributed by atoms with E-state index >= 15 is 0 Å². The van der Waals surface area contributed by atoms with Gasteiger partial charge in [-0.05, 0) is 24.6 Å². The van der Waals surface area contributed by atoms with Crippen LogP contribution < -0.4 is 5.32 Å². The van der Waals surface area contributed by atoms with E-state index in [1.54, 1.807) is 0 Å². The lowest BCUT2D eigenvalue weighted by molar-refractivity contribution is 0.842. The monoisotopic (exact) mass is 257 g/mol. The molecular weight excluding hydrogens is 246 g/mol. The maximum atomic E-state index is 3.49. The summed E-state index contributed by atoms with van der Waals surface area (Å²) in [5.41, 5.74) is 1.28. The SMILES string of the molecule is CCC1CNc2ccc(Br)cc2S1. The second kappa shape index (κ2) is 3.93. The zero-order valence-electron chi connectivity index (χ0n) is 7.51. The van der Waals surface area contributed by atoms with Crippen molar-refractivity contribution in [1.82, 2.24) is 0 Å². The van der Waals surface area contributed by atoms with Crippen molar-refractivity contribution in [2.75, 3.05) is 11.9 Å². The summed E-state index contributed by atoms with van der Waals surface area (Å²) in [6.45, 7) is 3.33. The van der Waals surface area contributed by atoms with Crippen LogP contribution in [-0.2, 0) is 0 Å². The van der Waals surface area contributed by atoms with Gasteiger partial charge in [-0.25, -0.2) is 0 Å². The summed E-state index contributed by atoms with van der Waals surface area (Å²) in [6.07, 6.45) is 1.23. The van der Waals surface area contributed by atoms with E-state index in [1.165, 1.54) is 17.0 Å². The molecular formula is C10H12BrNS. The molecule has 0 saturated carbocycles. The highest BCUT2D eigenvalue weighted by Crippen LogP contribution is 2.37. The number of hydrogen-bond acceptors (Lipinski definition) is 2. The van der Waals surface area contributed by atoms with Crippen molar-refractivity contribution in [1.29, 1.82) is 0 Å². The van der Waals surface area contributed by atoms with E-state index in [4.69, 9.17) is 0 Å². The molecule has 1 heterocycles. The Morgan fingerprint density at radius 2 is 2.46 bits per heavy atom. The van der Waals surface area contributed by atoms with Gasteiger partial charge in [0.15, 0.2) is 0 Å². The quantitative estimate of drug-likeness (QED) is 0.823. The van der Waals surface area contributed by atoms with E-state index in [0.717, 1.165) is 16.3 Å². The predicted octanol–water partition coefficient (Wildman–Crippen LogP) is 3.75. The summed E-state index contributed by atoms with van der Waals surface area (Å²) < 4.78 is 1.16. The van der Waals surface area contributed by atoms with Crippen LogP contribution >= 0.6 is 27.7 Å². The molecule has 0 spiro atoms. The molecule has 3 heteroatoms.